The van der Waals surface area contributed by atoms with E-state index in [1.54, 1.807) is 23.1 Å². The SMILES string of the molecule is C=CCn1c(Cc2cccs2)nnc1SCc1ccc(C)cc1. The van der Waals surface area contributed by atoms with Gasteiger partial charge in [-0.05, 0) is 23.9 Å². The van der Waals surface area contributed by atoms with Gasteiger partial charge in [-0.2, -0.15) is 0 Å². The molecule has 0 atom stereocenters. The number of hydrogen-bond acceptors (Lipinski definition) is 4. The van der Waals surface area contributed by atoms with Crippen molar-refractivity contribution in [1.29, 1.82) is 0 Å². The summed E-state index contributed by atoms with van der Waals surface area (Å²) in [5.74, 6) is 1.90. The molecule has 0 fully saturated rings. The molecule has 0 bridgehead atoms. The molecule has 0 radical (unpaired) electrons. The molecular weight excluding hydrogens is 322 g/mol. The average molecular weight is 342 g/mol. The Labute approximate surface area is 145 Å². The van der Waals surface area contributed by atoms with Crippen LogP contribution < -0.4 is 0 Å². The highest BCUT2D eigenvalue weighted by atomic mass is 32.2. The van der Waals surface area contributed by atoms with Crippen molar-refractivity contribution in [3.63, 3.8) is 0 Å². The average Bonchev–Trinajstić information content (AvgIpc) is 3.19. The number of aromatic nitrogens is 3. The second-order valence-corrected chi connectivity index (χ2v) is 7.30. The first-order valence-corrected chi connectivity index (χ1v) is 9.36. The molecular formula is C18H19N3S2. The van der Waals surface area contributed by atoms with Crippen LogP contribution in [0.1, 0.15) is 21.8 Å². The van der Waals surface area contributed by atoms with E-state index >= 15 is 0 Å². The van der Waals surface area contributed by atoms with E-state index in [1.807, 2.05) is 6.08 Å². The summed E-state index contributed by atoms with van der Waals surface area (Å²) < 4.78 is 2.16. The third-order valence-electron chi connectivity index (χ3n) is 3.51. The van der Waals surface area contributed by atoms with E-state index in [1.165, 1.54) is 16.0 Å². The maximum atomic E-state index is 4.39. The van der Waals surface area contributed by atoms with Crippen molar-refractivity contribution >= 4 is 23.1 Å². The Balaban J connectivity index is 1.74. The molecule has 5 heteroatoms. The fourth-order valence-corrected chi connectivity index (χ4v) is 3.89. The zero-order valence-electron chi connectivity index (χ0n) is 13.1. The van der Waals surface area contributed by atoms with Crippen LogP contribution in [0.4, 0.5) is 0 Å². The lowest BCUT2D eigenvalue weighted by atomic mass is 10.2. The van der Waals surface area contributed by atoms with Crippen LogP contribution in [-0.2, 0) is 18.7 Å². The van der Waals surface area contributed by atoms with Gasteiger partial charge < -0.3 is 4.57 Å². The molecule has 0 aliphatic rings. The van der Waals surface area contributed by atoms with Gasteiger partial charge in [0.15, 0.2) is 5.16 Å². The van der Waals surface area contributed by atoms with Crippen LogP contribution in [0, 0.1) is 6.92 Å². The lowest BCUT2D eigenvalue weighted by molar-refractivity contribution is 0.692. The van der Waals surface area contributed by atoms with Gasteiger partial charge in [0.05, 0.1) is 0 Å². The highest BCUT2D eigenvalue weighted by Crippen LogP contribution is 2.24. The Bertz CT molecular complexity index is 758. The van der Waals surface area contributed by atoms with Crippen molar-refractivity contribution in [2.45, 2.75) is 30.8 Å². The number of thioether (sulfide) groups is 1. The molecule has 0 N–H and O–H groups in total. The van der Waals surface area contributed by atoms with Crippen molar-refractivity contribution in [3.05, 3.63) is 76.3 Å². The van der Waals surface area contributed by atoms with Gasteiger partial charge in [-0.15, -0.1) is 28.1 Å². The van der Waals surface area contributed by atoms with Crippen LogP contribution in [0.25, 0.3) is 0 Å². The van der Waals surface area contributed by atoms with E-state index in [9.17, 15) is 0 Å². The van der Waals surface area contributed by atoms with Crippen molar-refractivity contribution in [1.82, 2.24) is 14.8 Å². The van der Waals surface area contributed by atoms with E-state index in [0.717, 1.165) is 29.7 Å². The number of benzene rings is 1. The highest BCUT2D eigenvalue weighted by Gasteiger charge is 2.12. The molecule has 0 aliphatic carbocycles. The number of rotatable bonds is 7. The van der Waals surface area contributed by atoms with Crippen LogP contribution >= 0.6 is 23.1 Å². The lowest BCUT2D eigenvalue weighted by Gasteiger charge is -2.07. The van der Waals surface area contributed by atoms with Gasteiger partial charge in [-0.3, -0.25) is 0 Å². The molecule has 0 aliphatic heterocycles. The minimum Gasteiger partial charge on any atom is -0.302 e. The minimum absolute atomic E-state index is 0.740. The number of thiophene rings is 1. The van der Waals surface area contributed by atoms with Gasteiger partial charge in [-0.25, -0.2) is 0 Å². The predicted molar refractivity (Wildman–Crippen MR) is 98.1 cm³/mol. The summed E-state index contributed by atoms with van der Waals surface area (Å²) in [5.41, 5.74) is 2.58. The van der Waals surface area contributed by atoms with Crippen LogP contribution in [0.2, 0.25) is 0 Å². The topological polar surface area (TPSA) is 30.7 Å². The maximum Gasteiger partial charge on any atom is 0.191 e. The monoisotopic (exact) mass is 341 g/mol. The van der Waals surface area contributed by atoms with Gasteiger partial charge in [0.1, 0.15) is 5.82 Å². The van der Waals surface area contributed by atoms with Gasteiger partial charge in [0.25, 0.3) is 0 Å². The molecule has 0 spiro atoms. The Morgan fingerprint density at radius 1 is 1.22 bits per heavy atom. The summed E-state index contributed by atoms with van der Waals surface area (Å²) in [7, 11) is 0. The molecule has 1 aromatic carbocycles. The van der Waals surface area contributed by atoms with Crippen LogP contribution in [0.5, 0.6) is 0 Å². The van der Waals surface area contributed by atoms with Gasteiger partial charge in [0.2, 0.25) is 0 Å². The molecule has 0 saturated carbocycles. The zero-order chi connectivity index (χ0) is 16.1. The van der Waals surface area contributed by atoms with Crippen molar-refractivity contribution in [2.75, 3.05) is 0 Å². The normalized spacial score (nSPS) is 10.8. The molecule has 2 heterocycles. The number of allylic oxidation sites excluding steroid dienone is 1. The number of nitrogens with zero attached hydrogens (tertiary/aromatic N) is 3. The van der Waals surface area contributed by atoms with E-state index in [4.69, 9.17) is 0 Å². The summed E-state index contributed by atoms with van der Waals surface area (Å²) in [4.78, 5) is 1.30. The molecule has 0 saturated heterocycles. The predicted octanol–water partition coefficient (Wildman–Crippen LogP) is 4.72. The second-order valence-electron chi connectivity index (χ2n) is 5.33. The molecule has 0 unspecified atom stereocenters. The Morgan fingerprint density at radius 2 is 2.04 bits per heavy atom. The third-order valence-corrected chi connectivity index (χ3v) is 5.42. The van der Waals surface area contributed by atoms with E-state index in [-0.39, 0.29) is 0 Å². The van der Waals surface area contributed by atoms with E-state index in [2.05, 4.69) is 70.0 Å². The third kappa shape index (κ3) is 4.12. The minimum atomic E-state index is 0.740. The molecule has 3 rings (SSSR count). The summed E-state index contributed by atoms with van der Waals surface area (Å²) in [5, 5.41) is 11.8. The Morgan fingerprint density at radius 3 is 2.74 bits per heavy atom. The Kier molecular flexibility index (Phi) is 5.31. The van der Waals surface area contributed by atoms with Crippen LogP contribution in [-0.4, -0.2) is 14.8 Å². The number of hydrogen-bond donors (Lipinski definition) is 0. The highest BCUT2D eigenvalue weighted by molar-refractivity contribution is 7.98. The van der Waals surface area contributed by atoms with Crippen LogP contribution in [0.3, 0.4) is 0 Å². The first kappa shape index (κ1) is 16.0. The fraction of sp³-hybridized carbons (Fsp3) is 0.222. The molecule has 118 valence electrons. The fourth-order valence-electron chi connectivity index (χ4n) is 2.27. The summed E-state index contributed by atoms with van der Waals surface area (Å²) in [6.45, 7) is 6.71. The van der Waals surface area contributed by atoms with Crippen LogP contribution in [0.15, 0.2) is 59.6 Å². The van der Waals surface area contributed by atoms with E-state index in [0.29, 0.717) is 0 Å². The van der Waals surface area contributed by atoms with Crippen molar-refractivity contribution in [3.8, 4) is 0 Å². The van der Waals surface area contributed by atoms with Gasteiger partial charge in [-0.1, -0.05) is 53.7 Å². The summed E-state index contributed by atoms with van der Waals surface area (Å²) in [6.07, 6.45) is 2.72. The molecule has 23 heavy (non-hydrogen) atoms. The molecule has 2 aromatic heterocycles. The number of aryl methyl sites for hydroxylation is 1. The quantitative estimate of drug-likeness (QED) is 0.460. The van der Waals surface area contributed by atoms with Gasteiger partial charge in [0, 0.05) is 23.6 Å². The van der Waals surface area contributed by atoms with Crippen molar-refractivity contribution < 1.29 is 0 Å². The first-order chi connectivity index (χ1) is 11.3. The maximum absolute atomic E-state index is 4.39. The molecule has 0 amide bonds. The van der Waals surface area contributed by atoms with Gasteiger partial charge >= 0.3 is 0 Å². The summed E-state index contributed by atoms with van der Waals surface area (Å²) in [6, 6.07) is 12.8. The standard InChI is InChI=1S/C18H19N3S2/c1-3-10-21-17(12-16-5-4-11-22-16)19-20-18(21)23-13-15-8-6-14(2)7-9-15/h3-9,11H,1,10,12-13H2,2H3. The Hall–Kier alpha value is -1.85. The first-order valence-electron chi connectivity index (χ1n) is 7.50. The zero-order valence-corrected chi connectivity index (χ0v) is 14.7. The molecule has 3 aromatic rings. The second kappa shape index (κ2) is 7.62. The molecule has 3 nitrogen and oxygen atoms in total. The largest absolute Gasteiger partial charge is 0.302 e. The smallest absolute Gasteiger partial charge is 0.191 e. The summed E-state index contributed by atoms with van der Waals surface area (Å²) >= 11 is 3.48. The van der Waals surface area contributed by atoms with E-state index < -0.39 is 0 Å². The van der Waals surface area contributed by atoms with Crippen molar-refractivity contribution in [2.24, 2.45) is 0 Å². The lowest BCUT2D eigenvalue weighted by Crippen LogP contribution is -2.04.